The number of halogens is 1. The van der Waals surface area contributed by atoms with Crippen LogP contribution in [-0.4, -0.2) is 16.9 Å². The maximum Gasteiger partial charge on any atom is 0.239 e. The highest BCUT2D eigenvalue weighted by molar-refractivity contribution is 5.85. The van der Waals surface area contributed by atoms with Gasteiger partial charge in [-0.05, 0) is 42.3 Å². The molecule has 4 nitrogen and oxygen atoms in total. The van der Waals surface area contributed by atoms with E-state index >= 15 is 0 Å². The molecule has 0 aliphatic carbocycles. The zero-order chi connectivity index (χ0) is 13.0. The number of benzene rings is 1. The van der Waals surface area contributed by atoms with Gasteiger partial charge < -0.3 is 11.1 Å². The van der Waals surface area contributed by atoms with E-state index in [-0.39, 0.29) is 24.4 Å². The zero-order valence-electron chi connectivity index (χ0n) is 10.5. The van der Waals surface area contributed by atoms with Gasteiger partial charge in [-0.3, -0.25) is 9.78 Å². The number of rotatable bonds is 4. The average Bonchev–Trinajstić information content (AvgIpc) is 2.40. The second-order valence-electron chi connectivity index (χ2n) is 4.08. The van der Waals surface area contributed by atoms with Gasteiger partial charge in [0.1, 0.15) is 6.04 Å². The summed E-state index contributed by atoms with van der Waals surface area (Å²) in [5.41, 5.74) is 8.29. The number of hydrogen-bond donors (Lipinski definition) is 2. The van der Waals surface area contributed by atoms with Gasteiger partial charge in [-0.1, -0.05) is 12.1 Å². The van der Waals surface area contributed by atoms with Crippen LogP contribution in [0.25, 0.3) is 11.1 Å². The fourth-order valence-corrected chi connectivity index (χ4v) is 1.62. The molecule has 2 aromatic rings. The first-order valence-electron chi connectivity index (χ1n) is 5.73. The lowest BCUT2D eigenvalue weighted by Gasteiger charge is -2.12. The Balaban J connectivity index is 0.00000180. The number of anilines is 1. The highest BCUT2D eigenvalue weighted by Gasteiger charge is 2.07. The third kappa shape index (κ3) is 3.96. The van der Waals surface area contributed by atoms with Crippen molar-refractivity contribution in [3.8, 4) is 11.1 Å². The van der Waals surface area contributed by atoms with Crippen molar-refractivity contribution in [3.63, 3.8) is 0 Å². The van der Waals surface area contributed by atoms with Gasteiger partial charge in [0.25, 0.3) is 0 Å². The number of aromatic nitrogens is 1. The van der Waals surface area contributed by atoms with Crippen molar-refractivity contribution in [1.29, 1.82) is 0 Å². The minimum Gasteiger partial charge on any atom is -0.374 e. The Morgan fingerprint density at radius 1 is 1.11 bits per heavy atom. The predicted molar refractivity (Wildman–Crippen MR) is 79.2 cm³/mol. The molecule has 1 amide bonds. The first kappa shape index (κ1) is 15.0. The molecular formula is C14H16ClN3O. The van der Waals surface area contributed by atoms with E-state index in [4.69, 9.17) is 5.73 Å². The maximum absolute atomic E-state index is 10.9. The van der Waals surface area contributed by atoms with Gasteiger partial charge in [-0.2, -0.15) is 0 Å². The Hall–Kier alpha value is -2.07. The summed E-state index contributed by atoms with van der Waals surface area (Å²) in [6.45, 7) is 1.74. The van der Waals surface area contributed by atoms with Crippen molar-refractivity contribution >= 4 is 24.0 Å². The van der Waals surface area contributed by atoms with Crippen LogP contribution in [0.3, 0.4) is 0 Å². The van der Waals surface area contributed by atoms with Crippen LogP contribution in [0.2, 0.25) is 0 Å². The molecule has 0 saturated carbocycles. The summed E-state index contributed by atoms with van der Waals surface area (Å²) in [5, 5.41) is 3.03. The molecule has 0 saturated heterocycles. The van der Waals surface area contributed by atoms with E-state index < -0.39 is 0 Å². The third-order valence-corrected chi connectivity index (χ3v) is 2.71. The molecule has 1 aromatic heterocycles. The maximum atomic E-state index is 10.9. The SMILES string of the molecule is C[C@@H](Nc1ccc(-c2ccncc2)cc1)C(N)=O.Cl. The number of nitrogens with one attached hydrogen (secondary N) is 1. The van der Waals surface area contributed by atoms with E-state index in [1.807, 2.05) is 36.4 Å². The molecule has 19 heavy (non-hydrogen) atoms. The third-order valence-electron chi connectivity index (χ3n) is 2.71. The second-order valence-corrected chi connectivity index (χ2v) is 4.08. The van der Waals surface area contributed by atoms with E-state index in [1.165, 1.54) is 0 Å². The van der Waals surface area contributed by atoms with Crippen LogP contribution in [0, 0.1) is 0 Å². The Labute approximate surface area is 118 Å². The Bertz CT molecular complexity index is 528. The van der Waals surface area contributed by atoms with Gasteiger partial charge >= 0.3 is 0 Å². The van der Waals surface area contributed by atoms with Crippen LogP contribution in [0.4, 0.5) is 5.69 Å². The van der Waals surface area contributed by atoms with Crippen molar-refractivity contribution in [2.75, 3.05) is 5.32 Å². The standard InChI is InChI=1S/C14H15N3O.ClH/c1-10(14(15)18)17-13-4-2-11(3-5-13)12-6-8-16-9-7-12;/h2-10,17H,1H3,(H2,15,18);1H/t10-;/m1./s1. The molecule has 0 unspecified atom stereocenters. The topological polar surface area (TPSA) is 68.0 Å². The van der Waals surface area contributed by atoms with Crippen LogP contribution in [-0.2, 0) is 4.79 Å². The monoisotopic (exact) mass is 277 g/mol. The molecule has 1 aromatic carbocycles. The van der Waals surface area contributed by atoms with Crippen molar-refractivity contribution in [2.45, 2.75) is 13.0 Å². The van der Waals surface area contributed by atoms with Crippen LogP contribution in [0.15, 0.2) is 48.8 Å². The normalized spacial score (nSPS) is 11.2. The van der Waals surface area contributed by atoms with Crippen molar-refractivity contribution in [3.05, 3.63) is 48.8 Å². The number of amides is 1. The Kier molecular flexibility index (Phi) is 5.33. The van der Waals surface area contributed by atoms with Crippen LogP contribution >= 0.6 is 12.4 Å². The van der Waals surface area contributed by atoms with Crippen molar-refractivity contribution in [1.82, 2.24) is 4.98 Å². The minimum atomic E-state index is -0.378. The number of carbonyl (C=O) groups is 1. The highest BCUT2D eigenvalue weighted by atomic mass is 35.5. The van der Waals surface area contributed by atoms with Crippen LogP contribution < -0.4 is 11.1 Å². The molecule has 0 bridgehead atoms. The largest absolute Gasteiger partial charge is 0.374 e. The van der Waals surface area contributed by atoms with Gasteiger partial charge in [-0.25, -0.2) is 0 Å². The number of carbonyl (C=O) groups excluding carboxylic acids is 1. The van der Waals surface area contributed by atoms with Crippen LogP contribution in [0.1, 0.15) is 6.92 Å². The molecule has 3 N–H and O–H groups in total. The average molecular weight is 278 g/mol. The van der Waals surface area contributed by atoms with Crippen molar-refractivity contribution < 1.29 is 4.79 Å². The number of hydrogen-bond acceptors (Lipinski definition) is 3. The van der Waals surface area contributed by atoms with Gasteiger partial charge in [0.05, 0.1) is 0 Å². The lowest BCUT2D eigenvalue weighted by atomic mass is 10.1. The summed E-state index contributed by atoms with van der Waals surface area (Å²) >= 11 is 0. The summed E-state index contributed by atoms with van der Waals surface area (Å²) in [4.78, 5) is 14.9. The Morgan fingerprint density at radius 3 is 2.16 bits per heavy atom. The second kappa shape index (κ2) is 6.75. The van der Waals surface area contributed by atoms with E-state index in [0.29, 0.717) is 0 Å². The van der Waals surface area contributed by atoms with Gasteiger partial charge in [-0.15, -0.1) is 12.4 Å². The molecule has 0 spiro atoms. The summed E-state index contributed by atoms with van der Waals surface area (Å²) < 4.78 is 0. The molecule has 0 aliphatic heterocycles. The quantitative estimate of drug-likeness (QED) is 0.902. The zero-order valence-corrected chi connectivity index (χ0v) is 11.4. The predicted octanol–water partition coefficient (Wildman–Crippen LogP) is 2.46. The lowest BCUT2D eigenvalue weighted by Crippen LogP contribution is -2.32. The molecule has 5 heteroatoms. The number of pyridine rings is 1. The molecule has 100 valence electrons. The fourth-order valence-electron chi connectivity index (χ4n) is 1.62. The fraction of sp³-hybridized carbons (Fsp3) is 0.143. The molecule has 2 rings (SSSR count). The molecule has 1 heterocycles. The summed E-state index contributed by atoms with van der Waals surface area (Å²) in [6, 6.07) is 11.4. The number of primary amides is 1. The van der Waals surface area contributed by atoms with E-state index in [9.17, 15) is 4.79 Å². The summed E-state index contributed by atoms with van der Waals surface area (Å²) in [7, 11) is 0. The molecule has 1 atom stereocenters. The van der Waals surface area contributed by atoms with Gasteiger partial charge in [0.15, 0.2) is 0 Å². The number of nitrogens with two attached hydrogens (primary N) is 1. The van der Waals surface area contributed by atoms with E-state index in [0.717, 1.165) is 16.8 Å². The molecular weight excluding hydrogens is 262 g/mol. The summed E-state index contributed by atoms with van der Waals surface area (Å²) in [5.74, 6) is -0.367. The molecule has 0 fully saturated rings. The minimum absolute atomic E-state index is 0. The van der Waals surface area contributed by atoms with Crippen molar-refractivity contribution in [2.24, 2.45) is 5.73 Å². The Morgan fingerprint density at radius 2 is 1.63 bits per heavy atom. The van der Waals surface area contributed by atoms with Crippen LogP contribution in [0.5, 0.6) is 0 Å². The summed E-state index contributed by atoms with van der Waals surface area (Å²) in [6.07, 6.45) is 3.52. The smallest absolute Gasteiger partial charge is 0.239 e. The van der Waals surface area contributed by atoms with E-state index in [1.54, 1.807) is 19.3 Å². The lowest BCUT2D eigenvalue weighted by molar-refractivity contribution is -0.118. The van der Waals surface area contributed by atoms with E-state index in [2.05, 4.69) is 10.3 Å². The first-order chi connectivity index (χ1) is 8.66. The highest BCUT2D eigenvalue weighted by Crippen LogP contribution is 2.20. The van der Waals surface area contributed by atoms with Gasteiger partial charge in [0.2, 0.25) is 5.91 Å². The molecule has 0 aliphatic rings. The first-order valence-corrected chi connectivity index (χ1v) is 5.73. The number of nitrogens with zero attached hydrogens (tertiary/aromatic N) is 1. The van der Waals surface area contributed by atoms with Gasteiger partial charge in [0, 0.05) is 18.1 Å². The molecule has 0 radical (unpaired) electrons.